The van der Waals surface area contributed by atoms with Crippen LogP contribution in [0.25, 0.3) is 0 Å². The molecule has 1 aliphatic heterocycles. The molecule has 0 saturated heterocycles. The number of nitrogens with zero attached hydrogens (tertiary/aromatic N) is 2. The van der Waals surface area contributed by atoms with E-state index < -0.39 is 0 Å². The van der Waals surface area contributed by atoms with Crippen LogP contribution in [0.5, 0.6) is 0 Å². The Kier molecular flexibility index (Phi) is 2.65. The van der Waals surface area contributed by atoms with Crippen molar-refractivity contribution < 1.29 is 10.2 Å². The molecule has 0 unspecified atom stereocenters. The van der Waals surface area contributed by atoms with Crippen molar-refractivity contribution in [2.24, 2.45) is 10.1 Å². The second kappa shape index (κ2) is 3.80. The van der Waals surface area contributed by atoms with E-state index in [0.29, 0.717) is 5.84 Å². The molecule has 0 spiro atoms. The van der Waals surface area contributed by atoms with Crippen LogP contribution in [0.2, 0.25) is 0 Å². The van der Waals surface area contributed by atoms with Gasteiger partial charge in [0.25, 0.3) is 0 Å². The summed E-state index contributed by atoms with van der Waals surface area (Å²) in [5.41, 5.74) is 1.88. The second-order valence-electron chi connectivity index (χ2n) is 1.63. The molecule has 0 aromatic rings. The van der Waals surface area contributed by atoms with E-state index in [4.69, 9.17) is 5.26 Å². The van der Waals surface area contributed by atoms with Crippen molar-refractivity contribution in [2.75, 3.05) is 13.1 Å². The molecule has 3 N–H and O–H groups in total. The molecule has 0 aliphatic carbocycles. The summed E-state index contributed by atoms with van der Waals surface area (Å²) >= 11 is 0. The molecule has 1 rings (SSSR count). The summed E-state index contributed by atoms with van der Waals surface area (Å²) in [6, 6.07) is 0. The van der Waals surface area contributed by atoms with Gasteiger partial charge in [-0.2, -0.15) is 10.7 Å². The van der Waals surface area contributed by atoms with Gasteiger partial charge >= 0.3 is 0 Å². The van der Waals surface area contributed by atoms with Gasteiger partial charge in [-0.1, -0.05) is 4.99 Å². The molecule has 0 saturated carbocycles. The van der Waals surface area contributed by atoms with Crippen LogP contribution in [0.3, 0.4) is 0 Å². The molecule has 0 amide bonds. The first kappa shape index (κ1) is 6.97. The molecule has 0 aromatic carbocycles. The number of amidine groups is 1. The highest BCUT2D eigenvalue weighted by Crippen LogP contribution is 1.80. The molecular formula is C4H8N4O2. The predicted molar refractivity (Wildman–Crippen MR) is 35.6 cm³/mol. The zero-order valence-electron chi connectivity index (χ0n) is 5.24. The monoisotopic (exact) mass is 144 g/mol. The number of aliphatic imine (C=N–C) groups is 1. The Balaban J connectivity index is 2.23. The minimum absolute atomic E-state index is 0.685. The van der Waals surface area contributed by atoms with E-state index in [0.717, 1.165) is 13.1 Å². The summed E-state index contributed by atoms with van der Waals surface area (Å²) in [6.07, 6.45) is 1.42. The lowest BCUT2D eigenvalue weighted by Crippen LogP contribution is -2.20. The smallest absolute Gasteiger partial charge is 0.141 e. The number of hydrogen-bond donors (Lipinski definition) is 3. The van der Waals surface area contributed by atoms with Gasteiger partial charge in [0, 0.05) is 6.54 Å². The Labute approximate surface area is 57.5 Å². The highest BCUT2D eigenvalue weighted by molar-refractivity contribution is 6.29. The molecule has 6 nitrogen and oxygen atoms in total. The van der Waals surface area contributed by atoms with Crippen molar-refractivity contribution in [3.05, 3.63) is 0 Å². The molecule has 6 heteroatoms. The summed E-state index contributed by atoms with van der Waals surface area (Å²) in [5.74, 6) is 0.685. The van der Waals surface area contributed by atoms with E-state index in [2.05, 4.69) is 20.4 Å². The molecule has 0 radical (unpaired) electrons. The number of rotatable bonds is 3. The third kappa shape index (κ3) is 2.00. The zero-order valence-corrected chi connectivity index (χ0v) is 5.24. The Hall–Kier alpha value is -1.14. The average Bonchev–Trinajstić information content (AvgIpc) is 2.41. The largest absolute Gasteiger partial charge is 0.367 e. The summed E-state index contributed by atoms with van der Waals surface area (Å²) < 4.78 is 0. The van der Waals surface area contributed by atoms with Gasteiger partial charge in [-0.05, 0) is 0 Å². The van der Waals surface area contributed by atoms with Crippen molar-refractivity contribution in [3.63, 3.8) is 0 Å². The first-order chi connectivity index (χ1) is 4.93. The molecule has 1 aliphatic rings. The van der Waals surface area contributed by atoms with Gasteiger partial charge in [0.1, 0.15) is 5.84 Å². The predicted octanol–water partition coefficient (Wildman–Crippen LogP) is -1.03. The third-order valence-corrected chi connectivity index (χ3v) is 0.980. The molecule has 0 atom stereocenters. The maximum atomic E-state index is 7.76. The fraction of sp³-hybridized carbons (Fsp3) is 0.500. The molecular weight excluding hydrogens is 136 g/mol. The third-order valence-electron chi connectivity index (χ3n) is 0.980. The molecule has 1 heterocycles. The van der Waals surface area contributed by atoms with E-state index in [-0.39, 0.29) is 0 Å². The van der Waals surface area contributed by atoms with Crippen LogP contribution < -0.4 is 10.9 Å². The maximum Gasteiger partial charge on any atom is 0.141 e. The van der Waals surface area contributed by atoms with Gasteiger partial charge in [-0.15, -0.1) is 0 Å². The van der Waals surface area contributed by atoms with Crippen molar-refractivity contribution in [2.45, 2.75) is 0 Å². The summed E-state index contributed by atoms with van der Waals surface area (Å²) in [7, 11) is 0. The molecule has 0 fully saturated rings. The van der Waals surface area contributed by atoms with Crippen LogP contribution >= 0.6 is 0 Å². The first-order valence-electron chi connectivity index (χ1n) is 2.80. The second-order valence-corrected chi connectivity index (χ2v) is 1.63. The lowest BCUT2D eigenvalue weighted by atomic mass is 10.6. The molecule has 10 heavy (non-hydrogen) atoms. The fourth-order valence-corrected chi connectivity index (χ4v) is 0.614. The zero-order chi connectivity index (χ0) is 7.23. The normalized spacial score (nSPS) is 17.1. The highest BCUT2D eigenvalue weighted by Gasteiger charge is 1.99. The Bertz CT molecular complexity index is 155. The van der Waals surface area contributed by atoms with Crippen LogP contribution in [0, 0.1) is 0 Å². The summed E-state index contributed by atoms with van der Waals surface area (Å²) in [5, 5.41) is 14.1. The maximum absolute atomic E-state index is 7.76. The lowest BCUT2D eigenvalue weighted by Gasteiger charge is -1.91. The van der Waals surface area contributed by atoms with Gasteiger partial charge in [0.15, 0.2) is 0 Å². The van der Waals surface area contributed by atoms with Crippen molar-refractivity contribution in [3.8, 4) is 0 Å². The van der Waals surface area contributed by atoms with Gasteiger partial charge in [-0.3, -0.25) is 4.99 Å². The van der Waals surface area contributed by atoms with Crippen molar-refractivity contribution in [1.29, 1.82) is 0 Å². The number of nitrogens with one attached hydrogen (secondary N) is 2. The summed E-state index contributed by atoms with van der Waals surface area (Å²) in [6.45, 7) is 1.60. The molecule has 0 aromatic heterocycles. The van der Waals surface area contributed by atoms with E-state index >= 15 is 0 Å². The minimum Gasteiger partial charge on any atom is -0.367 e. The number of hydrazone groups is 1. The average molecular weight is 144 g/mol. The topological polar surface area (TPSA) is 78.2 Å². The van der Waals surface area contributed by atoms with E-state index in [1.165, 1.54) is 6.21 Å². The minimum atomic E-state index is 0.685. The standard InChI is InChI=1S/C4H8N4O2/c9-10-8-7-3-4-5-1-2-6-4/h3,8-9H,1-2H2,(H,5,6). The van der Waals surface area contributed by atoms with Crippen LogP contribution in [-0.2, 0) is 4.99 Å². The Morgan fingerprint density at radius 2 is 2.80 bits per heavy atom. The quantitative estimate of drug-likeness (QED) is 0.269. The van der Waals surface area contributed by atoms with Crippen LogP contribution in [0.4, 0.5) is 0 Å². The van der Waals surface area contributed by atoms with Gasteiger partial charge in [0.05, 0.1) is 12.8 Å². The van der Waals surface area contributed by atoms with Gasteiger partial charge in [0.2, 0.25) is 0 Å². The Morgan fingerprint density at radius 3 is 3.40 bits per heavy atom. The molecule has 56 valence electrons. The van der Waals surface area contributed by atoms with Crippen LogP contribution in [0.15, 0.2) is 10.1 Å². The number of hydrogen-bond acceptors (Lipinski definition) is 6. The van der Waals surface area contributed by atoms with E-state index in [1.807, 2.05) is 5.59 Å². The van der Waals surface area contributed by atoms with Crippen molar-refractivity contribution >= 4 is 12.1 Å². The van der Waals surface area contributed by atoms with E-state index in [1.54, 1.807) is 0 Å². The van der Waals surface area contributed by atoms with E-state index in [9.17, 15) is 0 Å². The fourth-order valence-electron chi connectivity index (χ4n) is 0.614. The molecule has 0 bridgehead atoms. The van der Waals surface area contributed by atoms with Crippen LogP contribution in [-0.4, -0.2) is 30.4 Å². The van der Waals surface area contributed by atoms with Gasteiger partial charge in [-0.25, -0.2) is 5.26 Å². The Morgan fingerprint density at radius 1 is 1.90 bits per heavy atom. The van der Waals surface area contributed by atoms with Gasteiger partial charge < -0.3 is 5.32 Å². The lowest BCUT2D eigenvalue weighted by molar-refractivity contribution is -0.291. The van der Waals surface area contributed by atoms with Crippen LogP contribution in [0.1, 0.15) is 0 Å². The van der Waals surface area contributed by atoms with Crippen molar-refractivity contribution in [1.82, 2.24) is 10.9 Å². The SMILES string of the molecule is OONN=CC1=NCCN1. The highest BCUT2D eigenvalue weighted by atomic mass is 17.2. The first-order valence-corrected chi connectivity index (χ1v) is 2.80. The summed E-state index contributed by atoms with van der Waals surface area (Å²) in [4.78, 5) is 7.46.